The SMILES string of the molecule is O=C(O)CC[C@H](NS(=O)(=O)c1ccccn1)C(=O)O. The van der Waals surface area contributed by atoms with E-state index in [4.69, 9.17) is 10.2 Å². The van der Waals surface area contributed by atoms with Crippen molar-refractivity contribution in [2.75, 3.05) is 0 Å². The molecule has 1 aromatic rings. The Balaban J connectivity index is 2.84. The van der Waals surface area contributed by atoms with Crippen LogP contribution in [0.4, 0.5) is 0 Å². The largest absolute Gasteiger partial charge is 0.481 e. The molecule has 0 unspecified atom stereocenters. The number of aliphatic carboxylic acids is 2. The van der Waals surface area contributed by atoms with Gasteiger partial charge >= 0.3 is 11.9 Å². The lowest BCUT2D eigenvalue weighted by Gasteiger charge is -2.13. The first-order chi connectivity index (χ1) is 8.83. The quantitative estimate of drug-likeness (QED) is 0.625. The van der Waals surface area contributed by atoms with Gasteiger partial charge in [-0.1, -0.05) is 6.07 Å². The van der Waals surface area contributed by atoms with Gasteiger partial charge in [0.15, 0.2) is 5.03 Å². The number of rotatable bonds is 7. The fourth-order valence-corrected chi connectivity index (χ4v) is 2.43. The Labute approximate surface area is 109 Å². The van der Waals surface area contributed by atoms with Crippen LogP contribution in [0.3, 0.4) is 0 Å². The topological polar surface area (TPSA) is 134 Å². The molecule has 0 bridgehead atoms. The number of carboxylic acid groups (broad SMARTS) is 2. The number of nitrogens with one attached hydrogen (secondary N) is 1. The van der Waals surface area contributed by atoms with Gasteiger partial charge in [0.1, 0.15) is 6.04 Å². The number of pyridine rings is 1. The zero-order chi connectivity index (χ0) is 14.5. The molecule has 0 spiro atoms. The molecule has 0 aliphatic carbocycles. The minimum Gasteiger partial charge on any atom is -0.481 e. The first-order valence-electron chi connectivity index (χ1n) is 5.21. The number of carboxylic acids is 2. The third kappa shape index (κ3) is 4.64. The minimum atomic E-state index is -4.09. The molecule has 104 valence electrons. The van der Waals surface area contributed by atoms with Crippen LogP contribution in [0.5, 0.6) is 0 Å². The lowest BCUT2D eigenvalue weighted by atomic mass is 10.2. The highest BCUT2D eigenvalue weighted by molar-refractivity contribution is 7.89. The van der Waals surface area contributed by atoms with E-state index in [-0.39, 0.29) is 11.4 Å². The van der Waals surface area contributed by atoms with Crippen molar-refractivity contribution in [2.24, 2.45) is 0 Å². The van der Waals surface area contributed by atoms with Crippen LogP contribution in [-0.4, -0.2) is 41.6 Å². The van der Waals surface area contributed by atoms with Crippen molar-refractivity contribution in [3.05, 3.63) is 24.4 Å². The molecule has 9 heteroatoms. The van der Waals surface area contributed by atoms with Gasteiger partial charge in [0, 0.05) is 12.6 Å². The Kier molecular flexibility index (Phi) is 4.95. The second-order valence-corrected chi connectivity index (χ2v) is 5.27. The van der Waals surface area contributed by atoms with Crippen molar-refractivity contribution in [3.8, 4) is 0 Å². The van der Waals surface area contributed by atoms with Crippen LogP contribution in [-0.2, 0) is 19.6 Å². The van der Waals surface area contributed by atoms with Crippen LogP contribution in [0.2, 0.25) is 0 Å². The number of sulfonamides is 1. The molecular weight excluding hydrogens is 276 g/mol. The van der Waals surface area contributed by atoms with Crippen LogP contribution in [0.15, 0.2) is 29.4 Å². The number of aromatic nitrogens is 1. The van der Waals surface area contributed by atoms with Crippen LogP contribution in [0.1, 0.15) is 12.8 Å². The van der Waals surface area contributed by atoms with E-state index in [1.807, 2.05) is 4.72 Å². The van der Waals surface area contributed by atoms with Gasteiger partial charge in [-0.25, -0.2) is 13.4 Å². The highest BCUT2D eigenvalue weighted by Gasteiger charge is 2.26. The molecule has 0 aromatic carbocycles. The first kappa shape index (κ1) is 15.1. The first-order valence-corrected chi connectivity index (χ1v) is 6.69. The van der Waals surface area contributed by atoms with Crippen LogP contribution in [0, 0.1) is 0 Å². The summed E-state index contributed by atoms with van der Waals surface area (Å²) >= 11 is 0. The molecule has 0 saturated carbocycles. The summed E-state index contributed by atoms with van der Waals surface area (Å²) in [6.45, 7) is 0. The fourth-order valence-electron chi connectivity index (χ4n) is 1.25. The highest BCUT2D eigenvalue weighted by atomic mass is 32.2. The molecule has 1 heterocycles. The van der Waals surface area contributed by atoms with Crippen molar-refractivity contribution in [1.29, 1.82) is 0 Å². The third-order valence-electron chi connectivity index (χ3n) is 2.16. The number of nitrogens with zero attached hydrogens (tertiary/aromatic N) is 1. The highest BCUT2D eigenvalue weighted by Crippen LogP contribution is 2.07. The van der Waals surface area contributed by atoms with Gasteiger partial charge in [0.25, 0.3) is 10.0 Å². The van der Waals surface area contributed by atoms with E-state index in [0.29, 0.717) is 0 Å². The van der Waals surface area contributed by atoms with Gasteiger partial charge in [-0.3, -0.25) is 9.59 Å². The maximum atomic E-state index is 11.8. The predicted molar refractivity (Wildman–Crippen MR) is 62.9 cm³/mol. The lowest BCUT2D eigenvalue weighted by molar-refractivity contribution is -0.140. The Morgan fingerprint density at radius 1 is 1.32 bits per heavy atom. The number of hydrogen-bond donors (Lipinski definition) is 3. The van der Waals surface area contributed by atoms with E-state index in [1.54, 1.807) is 0 Å². The monoisotopic (exact) mass is 288 g/mol. The zero-order valence-corrected chi connectivity index (χ0v) is 10.5. The molecule has 1 rings (SSSR count). The van der Waals surface area contributed by atoms with E-state index in [9.17, 15) is 18.0 Å². The summed E-state index contributed by atoms with van der Waals surface area (Å²) in [7, 11) is -4.09. The molecule has 0 amide bonds. The van der Waals surface area contributed by atoms with E-state index >= 15 is 0 Å². The fraction of sp³-hybridized carbons (Fsp3) is 0.300. The molecule has 0 radical (unpaired) electrons. The lowest BCUT2D eigenvalue weighted by Crippen LogP contribution is -2.41. The van der Waals surface area contributed by atoms with Crippen molar-refractivity contribution in [2.45, 2.75) is 23.9 Å². The molecule has 3 N–H and O–H groups in total. The van der Waals surface area contributed by atoms with Crippen molar-refractivity contribution in [3.63, 3.8) is 0 Å². The van der Waals surface area contributed by atoms with E-state index in [0.717, 1.165) is 0 Å². The summed E-state index contributed by atoms with van der Waals surface area (Å²) in [5.74, 6) is -2.65. The molecular formula is C10H12N2O6S. The predicted octanol–water partition coefficient (Wildman–Crippen LogP) is -0.322. The molecule has 1 aromatic heterocycles. The van der Waals surface area contributed by atoms with Crippen LogP contribution in [0.25, 0.3) is 0 Å². The van der Waals surface area contributed by atoms with E-state index in [2.05, 4.69) is 4.98 Å². The molecule has 0 aliphatic heterocycles. The Morgan fingerprint density at radius 3 is 2.47 bits per heavy atom. The maximum Gasteiger partial charge on any atom is 0.321 e. The van der Waals surface area contributed by atoms with Gasteiger partial charge in [0.2, 0.25) is 0 Å². The van der Waals surface area contributed by atoms with Crippen LogP contribution < -0.4 is 4.72 Å². The molecule has 19 heavy (non-hydrogen) atoms. The van der Waals surface area contributed by atoms with Gasteiger partial charge in [0.05, 0.1) is 0 Å². The third-order valence-corrected chi connectivity index (χ3v) is 3.54. The van der Waals surface area contributed by atoms with Gasteiger partial charge in [-0.05, 0) is 18.6 Å². The number of hydrogen-bond acceptors (Lipinski definition) is 5. The van der Waals surface area contributed by atoms with Gasteiger partial charge in [-0.15, -0.1) is 0 Å². The summed E-state index contributed by atoms with van der Waals surface area (Å²) in [6, 6.07) is 2.65. The average molecular weight is 288 g/mol. The molecule has 8 nitrogen and oxygen atoms in total. The Hall–Kier alpha value is -2.00. The van der Waals surface area contributed by atoms with Crippen molar-refractivity contribution < 1.29 is 28.2 Å². The zero-order valence-electron chi connectivity index (χ0n) is 9.68. The maximum absolute atomic E-state index is 11.8. The minimum absolute atomic E-state index is 0.323. The Bertz CT molecular complexity index is 557. The molecule has 0 aliphatic rings. The average Bonchev–Trinajstić information content (AvgIpc) is 2.35. The van der Waals surface area contributed by atoms with Crippen molar-refractivity contribution >= 4 is 22.0 Å². The van der Waals surface area contributed by atoms with Gasteiger partial charge < -0.3 is 10.2 Å². The summed E-state index contributed by atoms with van der Waals surface area (Å²) in [5, 5.41) is 17.0. The van der Waals surface area contributed by atoms with Gasteiger partial charge in [-0.2, -0.15) is 4.72 Å². The normalized spacial score (nSPS) is 12.8. The molecule has 1 atom stereocenters. The van der Waals surface area contributed by atoms with Crippen molar-refractivity contribution in [1.82, 2.24) is 9.71 Å². The summed E-state index contributed by atoms with van der Waals surface area (Å²) in [4.78, 5) is 24.9. The van der Waals surface area contributed by atoms with E-state index < -0.39 is 34.4 Å². The second-order valence-electron chi connectivity index (χ2n) is 3.61. The standard InChI is InChI=1S/C10H12N2O6S/c13-9(14)5-4-7(10(15)16)12-19(17,18)8-3-1-2-6-11-8/h1-3,6-7,12H,4-5H2,(H,13,14)(H,15,16)/t7-/m0/s1. The smallest absolute Gasteiger partial charge is 0.321 e. The summed E-state index contributed by atoms with van der Waals surface area (Å²) < 4.78 is 25.5. The summed E-state index contributed by atoms with van der Waals surface area (Å²) in [6.07, 6.45) is 0.444. The number of carbonyl (C=O) groups is 2. The molecule has 0 fully saturated rings. The molecule has 0 saturated heterocycles. The Morgan fingerprint density at radius 2 is 2.00 bits per heavy atom. The summed E-state index contributed by atoms with van der Waals surface area (Å²) in [5.41, 5.74) is 0. The van der Waals surface area contributed by atoms with Crippen LogP contribution >= 0.6 is 0 Å². The van der Waals surface area contributed by atoms with E-state index in [1.165, 1.54) is 24.4 Å². The second kappa shape index (κ2) is 6.25.